The molecule has 0 radical (unpaired) electrons. The van der Waals surface area contributed by atoms with Crippen LogP contribution in [0.5, 0.6) is 5.75 Å². The lowest BCUT2D eigenvalue weighted by atomic mass is 10.1. The van der Waals surface area contributed by atoms with Crippen molar-refractivity contribution in [2.24, 2.45) is 0 Å². The molecule has 0 aliphatic heterocycles. The van der Waals surface area contributed by atoms with Gasteiger partial charge in [0.1, 0.15) is 17.4 Å². The first-order chi connectivity index (χ1) is 8.11. The SMILES string of the molecule is COc1ccc(-c2cc(F)c(Br)c(F)c2)cc1. The summed E-state index contributed by atoms with van der Waals surface area (Å²) >= 11 is 2.84. The highest BCUT2D eigenvalue weighted by Crippen LogP contribution is 2.28. The molecule has 0 aliphatic rings. The third-order valence-corrected chi connectivity index (χ3v) is 3.16. The summed E-state index contributed by atoms with van der Waals surface area (Å²) in [6, 6.07) is 9.56. The second-order valence-electron chi connectivity index (χ2n) is 3.48. The van der Waals surface area contributed by atoms with Gasteiger partial charge in [-0.2, -0.15) is 0 Å². The van der Waals surface area contributed by atoms with Gasteiger partial charge in [-0.1, -0.05) is 12.1 Å². The first-order valence-electron chi connectivity index (χ1n) is 4.91. The highest BCUT2D eigenvalue weighted by molar-refractivity contribution is 9.10. The third-order valence-electron chi connectivity index (χ3n) is 2.41. The van der Waals surface area contributed by atoms with Gasteiger partial charge < -0.3 is 4.74 Å². The van der Waals surface area contributed by atoms with E-state index in [4.69, 9.17) is 4.74 Å². The molecule has 4 heteroatoms. The number of hydrogen-bond acceptors (Lipinski definition) is 1. The summed E-state index contributed by atoms with van der Waals surface area (Å²) in [6.07, 6.45) is 0. The van der Waals surface area contributed by atoms with Gasteiger partial charge in [-0.25, -0.2) is 8.78 Å². The molecular formula is C13H9BrF2O. The van der Waals surface area contributed by atoms with Crippen LogP contribution in [0, 0.1) is 11.6 Å². The van der Waals surface area contributed by atoms with Gasteiger partial charge in [0, 0.05) is 0 Å². The maximum absolute atomic E-state index is 13.4. The summed E-state index contributed by atoms with van der Waals surface area (Å²) in [5.41, 5.74) is 1.22. The van der Waals surface area contributed by atoms with Gasteiger partial charge in [0.05, 0.1) is 11.6 Å². The molecule has 2 aromatic carbocycles. The second-order valence-corrected chi connectivity index (χ2v) is 4.28. The van der Waals surface area contributed by atoms with Crippen LogP contribution in [0.1, 0.15) is 0 Å². The van der Waals surface area contributed by atoms with Crippen LogP contribution in [-0.2, 0) is 0 Å². The number of rotatable bonds is 2. The molecule has 1 nitrogen and oxygen atoms in total. The fourth-order valence-corrected chi connectivity index (χ4v) is 1.73. The maximum Gasteiger partial charge on any atom is 0.140 e. The lowest BCUT2D eigenvalue weighted by molar-refractivity contribution is 0.415. The molecule has 17 heavy (non-hydrogen) atoms. The van der Waals surface area contributed by atoms with E-state index in [1.165, 1.54) is 12.1 Å². The van der Waals surface area contributed by atoms with Crippen molar-refractivity contribution in [3.8, 4) is 16.9 Å². The van der Waals surface area contributed by atoms with Crippen LogP contribution in [0.4, 0.5) is 8.78 Å². The van der Waals surface area contributed by atoms with E-state index in [9.17, 15) is 8.78 Å². The average Bonchev–Trinajstić information content (AvgIpc) is 2.35. The van der Waals surface area contributed by atoms with E-state index in [0.717, 1.165) is 5.56 Å². The largest absolute Gasteiger partial charge is 0.497 e. The number of methoxy groups -OCH3 is 1. The summed E-state index contributed by atoms with van der Waals surface area (Å²) in [5, 5.41) is 0. The van der Waals surface area contributed by atoms with Crippen LogP contribution >= 0.6 is 15.9 Å². The molecule has 0 heterocycles. The van der Waals surface area contributed by atoms with E-state index in [0.29, 0.717) is 11.3 Å². The second kappa shape index (κ2) is 4.84. The van der Waals surface area contributed by atoms with Crippen molar-refractivity contribution in [3.05, 3.63) is 52.5 Å². The summed E-state index contributed by atoms with van der Waals surface area (Å²) in [6.45, 7) is 0. The van der Waals surface area contributed by atoms with Gasteiger partial charge in [0.2, 0.25) is 0 Å². The van der Waals surface area contributed by atoms with Crippen molar-refractivity contribution in [2.75, 3.05) is 7.11 Å². The van der Waals surface area contributed by atoms with E-state index in [-0.39, 0.29) is 4.47 Å². The smallest absolute Gasteiger partial charge is 0.140 e. The number of benzene rings is 2. The van der Waals surface area contributed by atoms with Crippen LogP contribution in [0.2, 0.25) is 0 Å². The van der Waals surface area contributed by atoms with Crippen LogP contribution in [0.25, 0.3) is 11.1 Å². The summed E-state index contributed by atoms with van der Waals surface area (Å²) in [4.78, 5) is 0. The van der Waals surface area contributed by atoms with Crippen molar-refractivity contribution in [1.82, 2.24) is 0 Å². The molecule has 0 fully saturated rings. The van der Waals surface area contributed by atoms with Gasteiger partial charge in [0.15, 0.2) is 0 Å². The quantitative estimate of drug-likeness (QED) is 0.747. The topological polar surface area (TPSA) is 9.23 Å². The molecule has 0 N–H and O–H groups in total. The fourth-order valence-electron chi connectivity index (χ4n) is 1.51. The summed E-state index contributed by atoms with van der Waals surface area (Å²) in [5.74, 6) is -0.529. The molecule has 0 bridgehead atoms. The third kappa shape index (κ3) is 2.47. The normalized spacial score (nSPS) is 10.4. The molecule has 0 saturated carbocycles. The molecule has 0 spiro atoms. The van der Waals surface area contributed by atoms with Crippen molar-refractivity contribution in [3.63, 3.8) is 0 Å². The van der Waals surface area contributed by atoms with Gasteiger partial charge >= 0.3 is 0 Å². The fraction of sp³-hybridized carbons (Fsp3) is 0.0769. The number of hydrogen-bond donors (Lipinski definition) is 0. The first kappa shape index (κ1) is 12.0. The Morgan fingerprint density at radius 1 is 0.941 bits per heavy atom. The zero-order valence-electron chi connectivity index (χ0n) is 9.01. The average molecular weight is 299 g/mol. The van der Waals surface area contributed by atoms with E-state index in [1.807, 2.05) is 0 Å². The molecule has 0 aromatic heterocycles. The minimum absolute atomic E-state index is 0.144. The van der Waals surface area contributed by atoms with Gasteiger partial charge in [0.25, 0.3) is 0 Å². The number of halogens is 3. The standard InChI is InChI=1S/C13H9BrF2O/c1-17-10-4-2-8(3-5-10)9-6-11(15)13(14)12(16)7-9/h2-7H,1H3. The van der Waals surface area contributed by atoms with Crippen LogP contribution in [0.15, 0.2) is 40.9 Å². The van der Waals surface area contributed by atoms with Gasteiger partial charge in [-0.15, -0.1) is 0 Å². The Kier molecular flexibility index (Phi) is 3.43. The van der Waals surface area contributed by atoms with Crippen molar-refractivity contribution < 1.29 is 13.5 Å². The van der Waals surface area contributed by atoms with Crippen LogP contribution in [0.3, 0.4) is 0 Å². The van der Waals surface area contributed by atoms with E-state index >= 15 is 0 Å². The maximum atomic E-state index is 13.4. The molecule has 2 rings (SSSR count). The number of ether oxygens (including phenoxy) is 1. The molecule has 2 aromatic rings. The Labute approximate surface area is 106 Å². The molecule has 0 atom stereocenters. The lowest BCUT2D eigenvalue weighted by Crippen LogP contribution is -1.88. The van der Waals surface area contributed by atoms with Crippen LogP contribution < -0.4 is 4.74 Å². The van der Waals surface area contributed by atoms with Crippen LogP contribution in [-0.4, -0.2) is 7.11 Å². The predicted molar refractivity (Wildman–Crippen MR) is 66.0 cm³/mol. The molecule has 0 aliphatic carbocycles. The van der Waals surface area contributed by atoms with Gasteiger partial charge in [-0.3, -0.25) is 0 Å². The Balaban J connectivity index is 2.45. The first-order valence-corrected chi connectivity index (χ1v) is 5.70. The molecule has 88 valence electrons. The minimum Gasteiger partial charge on any atom is -0.497 e. The molecular weight excluding hydrogens is 290 g/mol. The Morgan fingerprint density at radius 2 is 1.47 bits per heavy atom. The lowest BCUT2D eigenvalue weighted by Gasteiger charge is -2.05. The van der Waals surface area contributed by atoms with E-state index in [2.05, 4.69) is 15.9 Å². The Morgan fingerprint density at radius 3 is 1.94 bits per heavy atom. The predicted octanol–water partition coefficient (Wildman–Crippen LogP) is 4.40. The summed E-state index contributed by atoms with van der Waals surface area (Å²) in [7, 11) is 1.56. The van der Waals surface area contributed by atoms with Crippen molar-refractivity contribution in [2.45, 2.75) is 0 Å². The highest BCUT2D eigenvalue weighted by atomic mass is 79.9. The van der Waals surface area contributed by atoms with Crippen molar-refractivity contribution >= 4 is 15.9 Å². The van der Waals surface area contributed by atoms with Gasteiger partial charge in [-0.05, 0) is 51.3 Å². The Hall–Kier alpha value is -1.42. The van der Waals surface area contributed by atoms with E-state index in [1.54, 1.807) is 31.4 Å². The molecule has 0 saturated heterocycles. The summed E-state index contributed by atoms with van der Waals surface area (Å²) < 4.78 is 31.6. The van der Waals surface area contributed by atoms with E-state index < -0.39 is 11.6 Å². The zero-order valence-corrected chi connectivity index (χ0v) is 10.6. The monoisotopic (exact) mass is 298 g/mol. The van der Waals surface area contributed by atoms with Crippen molar-refractivity contribution in [1.29, 1.82) is 0 Å². The highest BCUT2D eigenvalue weighted by Gasteiger charge is 2.09. The molecule has 0 unspecified atom stereocenters. The molecule has 0 amide bonds. The Bertz CT molecular complexity index is 515. The minimum atomic E-state index is -0.615. The zero-order chi connectivity index (χ0) is 12.4.